The van der Waals surface area contributed by atoms with Gasteiger partial charge in [-0.2, -0.15) is 0 Å². The van der Waals surface area contributed by atoms with Crippen LogP contribution in [0.5, 0.6) is 0 Å². The minimum atomic E-state index is -1.59. The van der Waals surface area contributed by atoms with E-state index >= 15 is 0 Å². The maximum atomic E-state index is 12.2. The normalized spacial score (nSPS) is 18.1. The van der Waals surface area contributed by atoms with Gasteiger partial charge < -0.3 is 21.0 Å². The maximum Gasteiger partial charge on any atom is 0.231 e. The monoisotopic (exact) mass is 510 g/mol. The second-order valence-corrected chi connectivity index (χ2v) is 8.84. The summed E-state index contributed by atoms with van der Waals surface area (Å²) >= 11 is 5.21. The van der Waals surface area contributed by atoms with E-state index in [0.29, 0.717) is 5.95 Å². The van der Waals surface area contributed by atoms with E-state index in [1.807, 2.05) is 41.8 Å². The van der Waals surface area contributed by atoms with Crippen molar-refractivity contribution >= 4 is 57.3 Å². The molecule has 0 spiro atoms. The molecule has 0 atom stereocenters. The molecule has 3 aromatic rings. The number of nitrogens with zero attached hydrogens (tertiary/aromatic N) is 3. The second-order valence-electron chi connectivity index (χ2n) is 7.11. The van der Waals surface area contributed by atoms with Crippen molar-refractivity contribution in [1.82, 2.24) is 14.9 Å². The number of hydrogen-bond donors (Lipinski definition) is 3. The number of likely N-dealkylation sites (tertiary alicyclic amines) is 1. The average molecular weight is 511 g/mol. The zero-order valence-corrected chi connectivity index (χ0v) is 19.2. The van der Waals surface area contributed by atoms with Gasteiger partial charge in [0.15, 0.2) is 11.3 Å². The van der Waals surface area contributed by atoms with Gasteiger partial charge in [-0.15, -0.1) is 11.3 Å². The first-order chi connectivity index (χ1) is 15.5. The van der Waals surface area contributed by atoms with Gasteiger partial charge >= 0.3 is 0 Å². The van der Waals surface area contributed by atoms with Gasteiger partial charge in [0.1, 0.15) is 0 Å². The van der Waals surface area contributed by atoms with Crippen LogP contribution in [0.1, 0.15) is 6.42 Å². The largest absolute Gasteiger partial charge is 0.352 e. The minimum Gasteiger partial charge on any atom is -0.352 e. The Morgan fingerprint density at radius 2 is 1.94 bits per heavy atom. The summed E-state index contributed by atoms with van der Waals surface area (Å²) in [5.74, 6) is -0.462. The van der Waals surface area contributed by atoms with Crippen LogP contribution >= 0.6 is 27.3 Å². The number of aromatic nitrogens is 2. The van der Waals surface area contributed by atoms with Crippen molar-refractivity contribution in [2.24, 2.45) is 0 Å². The van der Waals surface area contributed by atoms with Crippen LogP contribution in [0.15, 0.2) is 52.4 Å². The topological polar surface area (TPSA) is 123 Å². The fraction of sp³-hybridized carbons (Fsp3) is 0.182. The third-order valence-corrected chi connectivity index (χ3v) is 7.19. The number of halogens is 1. The molecule has 3 heterocycles. The number of benzene rings is 1. The summed E-state index contributed by atoms with van der Waals surface area (Å²) < 4.78 is 0.990. The van der Waals surface area contributed by atoms with Crippen LogP contribution in [-0.2, 0) is 9.59 Å². The van der Waals surface area contributed by atoms with Gasteiger partial charge in [-0.3, -0.25) is 9.59 Å². The van der Waals surface area contributed by atoms with Crippen molar-refractivity contribution in [3.05, 3.63) is 52.4 Å². The van der Waals surface area contributed by atoms with E-state index in [-0.39, 0.29) is 19.5 Å². The molecule has 0 aliphatic carbocycles. The van der Waals surface area contributed by atoms with Crippen molar-refractivity contribution < 1.29 is 9.59 Å². The van der Waals surface area contributed by atoms with Crippen LogP contribution in [0.4, 0.5) is 5.95 Å². The lowest BCUT2D eigenvalue weighted by atomic mass is 9.98. The lowest BCUT2D eigenvalue weighted by Crippen LogP contribution is -2.53. The number of hydrogen-bond acceptors (Lipinski definition) is 8. The molecule has 4 rings (SSSR count). The lowest BCUT2D eigenvalue weighted by molar-refractivity contribution is -0.128. The SMILES string of the molecule is N=CC1(C=N)C(=O)CC(=O)N1CCNc1nccc(-c2scc(Br)c2-c2ccccc2)n1. The maximum absolute atomic E-state index is 12.2. The first-order valence-electron chi connectivity index (χ1n) is 9.77. The Hall–Kier alpha value is -3.24. The minimum absolute atomic E-state index is 0.142. The molecule has 32 heavy (non-hydrogen) atoms. The third kappa shape index (κ3) is 3.87. The van der Waals surface area contributed by atoms with Crippen molar-refractivity contribution in [3.8, 4) is 21.7 Å². The predicted molar refractivity (Wildman–Crippen MR) is 129 cm³/mol. The van der Waals surface area contributed by atoms with Crippen LogP contribution in [0.25, 0.3) is 21.7 Å². The summed E-state index contributed by atoms with van der Waals surface area (Å²) in [5, 5.41) is 20.3. The quantitative estimate of drug-likeness (QED) is 0.313. The van der Waals surface area contributed by atoms with E-state index in [1.54, 1.807) is 17.5 Å². The van der Waals surface area contributed by atoms with Gasteiger partial charge in [-0.05, 0) is 27.6 Å². The Kier molecular flexibility index (Phi) is 6.24. The number of ketones is 1. The molecule has 2 aromatic heterocycles. The lowest BCUT2D eigenvalue weighted by Gasteiger charge is -2.29. The second kappa shape index (κ2) is 9.09. The fourth-order valence-electron chi connectivity index (χ4n) is 3.65. The zero-order chi connectivity index (χ0) is 22.7. The number of thiophene rings is 1. The number of Topliss-reactive ketones (excluding diaryl/α,β-unsaturated/α-hetero) is 1. The summed E-state index contributed by atoms with van der Waals surface area (Å²) in [4.78, 5) is 35.5. The molecule has 0 unspecified atom stereocenters. The van der Waals surface area contributed by atoms with Crippen molar-refractivity contribution in [3.63, 3.8) is 0 Å². The highest BCUT2D eigenvalue weighted by Crippen LogP contribution is 2.42. The highest BCUT2D eigenvalue weighted by molar-refractivity contribution is 9.10. The molecule has 8 nitrogen and oxygen atoms in total. The van der Waals surface area contributed by atoms with E-state index in [9.17, 15) is 9.59 Å². The summed E-state index contributed by atoms with van der Waals surface area (Å²) in [6.07, 6.45) is 3.07. The van der Waals surface area contributed by atoms with Crippen LogP contribution in [0, 0.1) is 10.8 Å². The molecule has 0 bridgehead atoms. The number of rotatable bonds is 8. The van der Waals surface area contributed by atoms with E-state index in [4.69, 9.17) is 10.8 Å². The third-order valence-electron chi connectivity index (χ3n) is 5.26. The first-order valence-corrected chi connectivity index (χ1v) is 11.4. The number of carbonyl (C=O) groups excluding carboxylic acids is 2. The molecule has 0 saturated carbocycles. The summed E-state index contributed by atoms with van der Waals surface area (Å²) in [7, 11) is 0. The molecule has 1 fully saturated rings. The smallest absolute Gasteiger partial charge is 0.231 e. The highest BCUT2D eigenvalue weighted by Gasteiger charge is 2.49. The number of amides is 1. The van der Waals surface area contributed by atoms with E-state index in [2.05, 4.69) is 31.2 Å². The van der Waals surface area contributed by atoms with E-state index < -0.39 is 17.2 Å². The number of nitrogens with one attached hydrogen (secondary N) is 3. The van der Waals surface area contributed by atoms with Gasteiger partial charge in [-0.1, -0.05) is 30.3 Å². The average Bonchev–Trinajstić information content (AvgIpc) is 3.31. The summed E-state index contributed by atoms with van der Waals surface area (Å²) in [5.41, 5.74) is 1.31. The Morgan fingerprint density at radius 1 is 1.19 bits per heavy atom. The van der Waals surface area contributed by atoms with Crippen molar-refractivity contribution in [2.75, 3.05) is 18.4 Å². The summed E-state index contributed by atoms with van der Waals surface area (Å²) in [6, 6.07) is 11.9. The first kappa shape index (κ1) is 22.0. The van der Waals surface area contributed by atoms with E-state index in [1.165, 1.54) is 4.90 Å². The Balaban J connectivity index is 1.52. The molecule has 1 aromatic carbocycles. The Bertz CT molecular complexity index is 1190. The molecule has 1 amide bonds. The fourth-order valence-corrected chi connectivity index (χ4v) is 5.41. The van der Waals surface area contributed by atoms with Crippen LogP contribution in [0.2, 0.25) is 0 Å². The van der Waals surface area contributed by atoms with Gasteiger partial charge in [0.2, 0.25) is 11.9 Å². The Morgan fingerprint density at radius 3 is 2.66 bits per heavy atom. The standard InChI is InChI=1S/C22H19BrN6O2S/c23-15-11-32-20(19(15)14-4-2-1-3-5-14)16-6-7-26-21(28-16)27-8-9-29-18(31)10-17(30)22(29,12-24)13-25/h1-7,11-13,24-25H,8-10H2,(H,26,27,28). The molecule has 1 aliphatic heterocycles. The highest BCUT2D eigenvalue weighted by atomic mass is 79.9. The van der Waals surface area contributed by atoms with Crippen LogP contribution in [-0.4, -0.2) is 57.6 Å². The van der Waals surface area contributed by atoms with Gasteiger partial charge in [0, 0.05) is 47.1 Å². The molecule has 1 saturated heterocycles. The van der Waals surface area contributed by atoms with Gasteiger partial charge in [0.25, 0.3) is 0 Å². The molecule has 3 N–H and O–H groups in total. The predicted octanol–water partition coefficient (Wildman–Crippen LogP) is 3.89. The van der Waals surface area contributed by atoms with Crippen molar-refractivity contribution in [1.29, 1.82) is 10.8 Å². The van der Waals surface area contributed by atoms with Crippen LogP contribution in [0.3, 0.4) is 0 Å². The van der Waals surface area contributed by atoms with Crippen LogP contribution < -0.4 is 5.32 Å². The molecule has 1 aliphatic rings. The summed E-state index contributed by atoms with van der Waals surface area (Å²) in [6.45, 7) is 0.411. The van der Waals surface area contributed by atoms with E-state index in [0.717, 1.165) is 38.6 Å². The number of anilines is 1. The van der Waals surface area contributed by atoms with Crippen molar-refractivity contribution in [2.45, 2.75) is 12.0 Å². The van der Waals surface area contributed by atoms with Gasteiger partial charge in [-0.25, -0.2) is 9.97 Å². The molecule has 0 radical (unpaired) electrons. The molecular weight excluding hydrogens is 492 g/mol. The number of carbonyl (C=O) groups is 2. The molecular formula is C22H19BrN6O2S. The van der Waals surface area contributed by atoms with Gasteiger partial charge in [0.05, 0.1) is 17.0 Å². The molecule has 10 heteroatoms. The zero-order valence-electron chi connectivity index (χ0n) is 16.8. The molecule has 162 valence electrons. The Labute approximate surface area is 196 Å².